The summed E-state index contributed by atoms with van der Waals surface area (Å²) < 4.78 is 5.53. The Morgan fingerprint density at radius 2 is 2.12 bits per heavy atom. The highest BCUT2D eigenvalue weighted by atomic mass is 16.5. The molecular weight excluding hydrogens is 206 g/mol. The van der Waals surface area contributed by atoms with Gasteiger partial charge in [0.05, 0.1) is 12.0 Å². The zero-order valence-electron chi connectivity index (χ0n) is 10.1. The molecule has 16 heavy (non-hydrogen) atoms. The van der Waals surface area contributed by atoms with Crippen LogP contribution in [0, 0.1) is 11.8 Å². The number of hydrogen-bond acceptors (Lipinski definition) is 3. The SMILES string of the molecule is CCOC1CC(N2CC(C)C(C(=O)O)C2)C1. The van der Waals surface area contributed by atoms with Crippen molar-refractivity contribution in [3.63, 3.8) is 0 Å². The van der Waals surface area contributed by atoms with E-state index in [1.54, 1.807) is 0 Å². The number of aliphatic carboxylic acids is 1. The maximum atomic E-state index is 11.0. The Hall–Kier alpha value is -0.610. The molecule has 0 bridgehead atoms. The number of likely N-dealkylation sites (tertiary alicyclic amines) is 1. The molecule has 1 aliphatic carbocycles. The molecule has 2 rings (SSSR count). The highest BCUT2D eigenvalue weighted by molar-refractivity contribution is 5.71. The zero-order chi connectivity index (χ0) is 11.7. The minimum absolute atomic E-state index is 0.175. The Morgan fingerprint density at radius 1 is 1.44 bits per heavy atom. The number of carboxylic acids is 1. The molecule has 0 spiro atoms. The summed E-state index contributed by atoms with van der Waals surface area (Å²) in [6.07, 6.45) is 2.56. The first kappa shape index (κ1) is 11.9. The Kier molecular flexibility index (Phi) is 3.50. The Bertz CT molecular complexity index is 263. The van der Waals surface area contributed by atoms with E-state index in [4.69, 9.17) is 9.84 Å². The van der Waals surface area contributed by atoms with Crippen molar-refractivity contribution in [1.29, 1.82) is 0 Å². The largest absolute Gasteiger partial charge is 0.481 e. The molecule has 1 N–H and O–H groups in total. The van der Waals surface area contributed by atoms with Gasteiger partial charge in [0.15, 0.2) is 0 Å². The molecule has 2 atom stereocenters. The molecule has 4 nitrogen and oxygen atoms in total. The van der Waals surface area contributed by atoms with Gasteiger partial charge < -0.3 is 9.84 Å². The number of carboxylic acid groups (broad SMARTS) is 1. The third-order valence-corrected chi connectivity index (χ3v) is 3.95. The molecule has 1 saturated carbocycles. The van der Waals surface area contributed by atoms with Gasteiger partial charge in [0.25, 0.3) is 0 Å². The lowest BCUT2D eigenvalue weighted by Gasteiger charge is -2.40. The maximum absolute atomic E-state index is 11.0. The van der Waals surface area contributed by atoms with Gasteiger partial charge in [0.1, 0.15) is 0 Å². The van der Waals surface area contributed by atoms with Gasteiger partial charge in [-0.05, 0) is 25.7 Å². The molecular formula is C12H21NO3. The van der Waals surface area contributed by atoms with Crippen molar-refractivity contribution < 1.29 is 14.6 Å². The van der Waals surface area contributed by atoms with E-state index in [-0.39, 0.29) is 11.8 Å². The fourth-order valence-electron chi connectivity index (χ4n) is 2.83. The molecule has 2 aliphatic rings. The molecule has 1 heterocycles. The van der Waals surface area contributed by atoms with Crippen molar-refractivity contribution >= 4 is 5.97 Å². The van der Waals surface area contributed by atoms with Crippen LogP contribution in [0.4, 0.5) is 0 Å². The normalized spacial score (nSPS) is 39.6. The number of nitrogens with zero attached hydrogens (tertiary/aromatic N) is 1. The first-order chi connectivity index (χ1) is 7.61. The minimum atomic E-state index is -0.643. The predicted octanol–water partition coefficient (Wildman–Crippen LogP) is 1.21. The maximum Gasteiger partial charge on any atom is 0.308 e. The third-order valence-electron chi connectivity index (χ3n) is 3.95. The van der Waals surface area contributed by atoms with Gasteiger partial charge in [0.2, 0.25) is 0 Å². The molecule has 0 amide bonds. The molecule has 4 heteroatoms. The van der Waals surface area contributed by atoms with Crippen LogP contribution in [0.5, 0.6) is 0 Å². The second kappa shape index (κ2) is 4.72. The summed E-state index contributed by atoms with van der Waals surface area (Å²) in [5.74, 6) is -0.537. The van der Waals surface area contributed by atoms with Gasteiger partial charge in [-0.1, -0.05) is 6.92 Å². The van der Waals surface area contributed by atoms with E-state index in [1.807, 2.05) is 13.8 Å². The van der Waals surface area contributed by atoms with E-state index in [0.29, 0.717) is 12.1 Å². The van der Waals surface area contributed by atoms with Crippen LogP contribution in [0.15, 0.2) is 0 Å². The molecule has 92 valence electrons. The first-order valence-corrected chi connectivity index (χ1v) is 6.20. The summed E-state index contributed by atoms with van der Waals surface area (Å²) in [5.41, 5.74) is 0. The summed E-state index contributed by atoms with van der Waals surface area (Å²) in [6, 6.07) is 0.559. The highest BCUT2D eigenvalue weighted by Gasteiger charge is 2.42. The van der Waals surface area contributed by atoms with Crippen molar-refractivity contribution in [3.8, 4) is 0 Å². The fourth-order valence-corrected chi connectivity index (χ4v) is 2.83. The van der Waals surface area contributed by atoms with E-state index < -0.39 is 5.97 Å². The first-order valence-electron chi connectivity index (χ1n) is 6.20. The summed E-state index contributed by atoms with van der Waals surface area (Å²) in [7, 11) is 0. The van der Waals surface area contributed by atoms with Crippen LogP contribution in [-0.2, 0) is 9.53 Å². The monoisotopic (exact) mass is 227 g/mol. The van der Waals surface area contributed by atoms with Crippen molar-refractivity contribution in [2.24, 2.45) is 11.8 Å². The molecule has 2 unspecified atom stereocenters. The molecule has 0 aromatic heterocycles. The molecule has 0 radical (unpaired) electrons. The van der Waals surface area contributed by atoms with Crippen LogP contribution >= 0.6 is 0 Å². The third kappa shape index (κ3) is 2.23. The average Bonchev–Trinajstić information content (AvgIpc) is 2.53. The van der Waals surface area contributed by atoms with E-state index in [2.05, 4.69) is 4.90 Å². The van der Waals surface area contributed by atoms with Gasteiger partial charge in [-0.25, -0.2) is 0 Å². The Labute approximate surface area is 96.6 Å². The van der Waals surface area contributed by atoms with Crippen LogP contribution in [-0.4, -0.2) is 47.8 Å². The highest BCUT2D eigenvalue weighted by Crippen LogP contribution is 2.34. The number of rotatable bonds is 4. The number of carbonyl (C=O) groups is 1. The second-order valence-corrected chi connectivity index (χ2v) is 5.08. The molecule has 0 aromatic rings. The van der Waals surface area contributed by atoms with Gasteiger partial charge in [-0.3, -0.25) is 9.69 Å². The summed E-state index contributed by atoms with van der Waals surface area (Å²) >= 11 is 0. The molecule has 1 aliphatic heterocycles. The van der Waals surface area contributed by atoms with E-state index >= 15 is 0 Å². The standard InChI is InChI=1S/C12H21NO3/c1-3-16-10-4-9(5-10)13-6-8(2)11(7-13)12(14)15/h8-11H,3-7H2,1-2H3,(H,14,15). The smallest absolute Gasteiger partial charge is 0.308 e. The van der Waals surface area contributed by atoms with E-state index in [9.17, 15) is 4.79 Å². The lowest BCUT2D eigenvalue weighted by atomic mass is 9.88. The Balaban J connectivity index is 1.79. The van der Waals surface area contributed by atoms with Gasteiger partial charge in [-0.15, -0.1) is 0 Å². The Morgan fingerprint density at radius 3 is 2.62 bits per heavy atom. The number of hydrogen-bond donors (Lipinski definition) is 1. The van der Waals surface area contributed by atoms with Gasteiger partial charge in [0, 0.05) is 25.7 Å². The van der Waals surface area contributed by atoms with Crippen molar-refractivity contribution in [1.82, 2.24) is 4.90 Å². The van der Waals surface area contributed by atoms with Crippen LogP contribution in [0.2, 0.25) is 0 Å². The predicted molar refractivity (Wildman–Crippen MR) is 60.3 cm³/mol. The van der Waals surface area contributed by atoms with Crippen molar-refractivity contribution in [2.45, 2.75) is 38.8 Å². The summed E-state index contributed by atoms with van der Waals surface area (Å²) in [6.45, 7) is 6.50. The van der Waals surface area contributed by atoms with E-state index in [1.165, 1.54) is 0 Å². The van der Waals surface area contributed by atoms with Crippen molar-refractivity contribution in [3.05, 3.63) is 0 Å². The fraction of sp³-hybridized carbons (Fsp3) is 0.917. The van der Waals surface area contributed by atoms with E-state index in [0.717, 1.165) is 32.5 Å². The molecule has 0 aromatic carbocycles. The topological polar surface area (TPSA) is 49.8 Å². The second-order valence-electron chi connectivity index (χ2n) is 5.08. The minimum Gasteiger partial charge on any atom is -0.481 e. The molecule has 2 fully saturated rings. The quantitative estimate of drug-likeness (QED) is 0.784. The van der Waals surface area contributed by atoms with Crippen LogP contribution < -0.4 is 0 Å². The van der Waals surface area contributed by atoms with Crippen molar-refractivity contribution in [2.75, 3.05) is 19.7 Å². The lowest BCUT2D eigenvalue weighted by Crippen LogP contribution is -2.47. The molecule has 1 saturated heterocycles. The number of ether oxygens (including phenoxy) is 1. The average molecular weight is 227 g/mol. The van der Waals surface area contributed by atoms with Gasteiger partial charge >= 0.3 is 5.97 Å². The van der Waals surface area contributed by atoms with Crippen LogP contribution in [0.25, 0.3) is 0 Å². The summed E-state index contributed by atoms with van der Waals surface area (Å²) in [5, 5.41) is 9.06. The summed E-state index contributed by atoms with van der Waals surface area (Å²) in [4.78, 5) is 13.3. The zero-order valence-corrected chi connectivity index (χ0v) is 10.1. The van der Waals surface area contributed by atoms with Crippen LogP contribution in [0.3, 0.4) is 0 Å². The van der Waals surface area contributed by atoms with Gasteiger partial charge in [-0.2, -0.15) is 0 Å². The van der Waals surface area contributed by atoms with Crippen LogP contribution in [0.1, 0.15) is 26.7 Å². The lowest BCUT2D eigenvalue weighted by molar-refractivity contribution is -0.142.